The average Bonchev–Trinajstić information content (AvgIpc) is 2.78. The van der Waals surface area contributed by atoms with Crippen molar-refractivity contribution >= 4 is 23.4 Å². The van der Waals surface area contributed by atoms with Crippen LogP contribution in [0.5, 0.6) is 0 Å². The summed E-state index contributed by atoms with van der Waals surface area (Å²) in [6.07, 6.45) is 2.33. The minimum Gasteiger partial charge on any atom is -0.340 e. The van der Waals surface area contributed by atoms with Crippen LogP contribution in [0.1, 0.15) is 35.2 Å². The molecule has 0 aliphatic carbocycles. The van der Waals surface area contributed by atoms with Gasteiger partial charge in [0.2, 0.25) is 5.91 Å². The zero-order chi connectivity index (χ0) is 18.5. The van der Waals surface area contributed by atoms with E-state index < -0.39 is 11.9 Å². The number of nitrogens with one attached hydrogen (secondary N) is 1. The van der Waals surface area contributed by atoms with E-state index in [0.717, 1.165) is 18.4 Å². The van der Waals surface area contributed by atoms with Gasteiger partial charge in [0.1, 0.15) is 11.9 Å². The lowest BCUT2D eigenvalue weighted by molar-refractivity contribution is -0.133. The molecule has 1 atom stereocenters. The number of benzene rings is 2. The highest BCUT2D eigenvalue weighted by Crippen LogP contribution is 2.18. The number of likely N-dealkylation sites (tertiary alicyclic amines) is 1. The third-order valence-corrected chi connectivity index (χ3v) is 4.69. The molecular formula is C20H20ClFN2O2. The highest BCUT2D eigenvalue weighted by Gasteiger charge is 2.28. The van der Waals surface area contributed by atoms with Crippen molar-refractivity contribution < 1.29 is 14.0 Å². The molecule has 1 unspecified atom stereocenters. The van der Waals surface area contributed by atoms with Gasteiger partial charge in [0, 0.05) is 23.7 Å². The molecule has 2 aromatic carbocycles. The van der Waals surface area contributed by atoms with Crippen LogP contribution in [0.15, 0.2) is 48.5 Å². The lowest BCUT2D eigenvalue weighted by Gasteiger charge is -2.25. The number of halogens is 2. The van der Waals surface area contributed by atoms with Crippen LogP contribution in [-0.2, 0) is 11.3 Å². The number of nitrogens with zero attached hydrogens (tertiary/aromatic N) is 1. The van der Waals surface area contributed by atoms with Gasteiger partial charge in [0.05, 0.1) is 0 Å². The van der Waals surface area contributed by atoms with Crippen molar-refractivity contribution in [1.82, 2.24) is 10.2 Å². The molecule has 26 heavy (non-hydrogen) atoms. The molecule has 3 rings (SSSR count). The first-order valence-electron chi connectivity index (χ1n) is 8.62. The van der Waals surface area contributed by atoms with Crippen molar-refractivity contribution in [3.05, 3.63) is 70.5 Å². The van der Waals surface area contributed by atoms with Gasteiger partial charge in [-0.1, -0.05) is 23.7 Å². The maximum atomic E-state index is 13.0. The average molecular weight is 375 g/mol. The van der Waals surface area contributed by atoms with E-state index in [9.17, 15) is 14.0 Å². The van der Waals surface area contributed by atoms with E-state index in [-0.39, 0.29) is 11.8 Å². The smallest absolute Gasteiger partial charge is 0.251 e. The summed E-state index contributed by atoms with van der Waals surface area (Å²) in [5, 5.41) is 3.42. The van der Waals surface area contributed by atoms with Gasteiger partial charge in [-0.2, -0.15) is 0 Å². The van der Waals surface area contributed by atoms with Gasteiger partial charge in [-0.05, 0) is 61.2 Å². The van der Waals surface area contributed by atoms with Gasteiger partial charge in [0.15, 0.2) is 0 Å². The fourth-order valence-corrected chi connectivity index (χ4v) is 3.31. The molecule has 2 amide bonds. The Morgan fingerprint density at radius 2 is 1.96 bits per heavy atom. The summed E-state index contributed by atoms with van der Waals surface area (Å²) in [5.41, 5.74) is 1.29. The standard InChI is InChI=1S/C20H20ClFN2O2/c21-16-5-3-4-14(12-16)13-24-11-2-1-6-18(20(24)26)23-19(25)15-7-9-17(22)10-8-15/h3-5,7-10,12,18H,1-2,6,11,13H2,(H,23,25). The normalized spacial score (nSPS) is 17.7. The van der Waals surface area contributed by atoms with Crippen LogP contribution in [0.2, 0.25) is 5.02 Å². The van der Waals surface area contributed by atoms with Crippen LogP contribution < -0.4 is 5.32 Å². The molecule has 136 valence electrons. The number of rotatable bonds is 4. The molecule has 0 radical (unpaired) electrons. The Bertz CT molecular complexity index is 795. The molecular weight excluding hydrogens is 355 g/mol. The van der Waals surface area contributed by atoms with Crippen LogP contribution in [0.3, 0.4) is 0 Å². The Morgan fingerprint density at radius 1 is 1.19 bits per heavy atom. The zero-order valence-corrected chi connectivity index (χ0v) is 15.0. The van der Waals surface area contributed by atoms with Gasteiger partial charge in [-0.25, -0.2) is 4.39 Å². The van der Waals surface area contributed by atoms with Gasteiger partial charge < -0.3 is 10.2 Å². The van der Waals surface area contributed by atoms with E-state index in [0.29, 0.717) is 30.1 Å². The molecule has 1 aliphatic rings. The minimum atomic E-state index is -0.575. The van der Waals surface area contributed by atoms with E-state index in [1.54, 1.807) is 11.0 Å². The fourth-order valence-electron chi connectivity index (χ4n) is 3.09. The lowest BCUT2D eigenvalue weighted by atomic mass is 10.1. The quantitative estimate of drug-likeness (QED) is 0.885. The highest BCUT2D eigenvalue weighted by atomic mass is 35.5. The van der Waals surface area contributed by atoms with Crippen LogP contribution in [0, 0.1) is 5.82 Å². The molecule has 0 spiro atoms. The Labute approximate surface area is 157 Å². The third-order valence-electron chi connectivity index (χ3n) is 4.45. The molecule has 1 fully saturated rings. The van der Waals surface area contributed by atoms with Crippen LogP contribution in [0.4, 0.5) is 4.39 Å². The predicted octanol–water partition coefficient (Wildman–Crippen LogP) is 3.79. The van der Waals surface area contributed by atoms with Crippen LogP contribution >= 0.6 is 11.6 Å². The van der Waals surface area contributed by atoms with Gasteiger partial charge in [0.25, 0.3) is 5.91 Å². The second kappa shape index (κ2) is 8.32. The second-order valence-electron chi connectivity index (χ2n) is 6.42. The molecule has 0 aromatic heterocycles. The molecule has 1 N–H and O–H groups in total. The van der Waals surface area contributed by atoms with E-state index in [4.69, 9.17) is 11.6 Å². The number of hydrogen-bond donors (Lipinski definition) is 1. The number of carbonyl (C=O) groups is 2. The third kappa shape index (κ3) is 4.61. The fraction of sp³-hybridized carbons (Fsp3) is 0.300. The summed E-state index contributed by atoms with van der Waals surface area (Å²) in [7, 11) is 0. The van der Waals surface area contributed by atoms with Gasteiger partial charge >= 0.3 is 0 Å². The summed E-state index contributed by atoms with van der Waals surface area (Å²) in [5.74, 6) is -0.870. The van der Waals surface area contributed by atoms with Gasteiger partial charge in [-0.3, -0.25) is 9.59 Å². The van der Waals surface area contributed by atoms with E-state index in [2.05, 4.69) is 5.32 Å². The summed E-state index contributed by atoms with van der Waals surface area (Å²) in [4.78, 5) is 27.0. The molecule has 2 aromatic rings. The molecule has 4 nitrogen and oxygen atoms in total. The molecule has 1 heterocycles. The van der Waals surface area contributed by atoms with Crippen LogP contribution in [-0.4, -0.2) is 29.3 Å². The maximum Gasteiger partial charge on any atom is 0.251 e. The summed E-state index contributed by atoms with van der Waals surface area (Å²) in [6, 6.07) is 12.1. The monoisotopic (exact) mass is 374 g/mol. The molecule has 1 saturated heterocycles. The van der Waals surface area contributed by atoms with Crippen molar-refractivity contribution in [3.8, 4) is 0 Å². The summed E-state index contributed by atoms with van der Waals surface area (Å²) < 4.78 is 13.0. The van der Waals surface area contributed by atoms with E-state index >= 15 is 0 Å². The molecule has 0 saturated carbocycles. The predicted molar refractivity (Wildman–Crippen MR) is 98.4 cm³/mol. The molecule has 1 aliphatic heterocycles. The minimum absolute atomic E-state index is 0.0991. The summed E-state index contributed by atoms with van der Waals surface area (Å²) in [6.45, 7) is 1.11. The van der Waals surface area contributed by atoms with Crippen molar-refractivity contribution in [2.45, 2.75) is 31.8 Å². The second-order valence-corrected chi connectivity index (χ2v) is 6.85. The van der Waals surface area contributed by atoms with Crippen molar-refractivity contribution in [3.63, 3.8) is 0 Å². The number of carbonyl (C=O) groups excluding carboxylic acids is 2. The van der Waals surface area contributed by atoms with E-state index in [1.165, 1.54) is 24.3 Å². The topological polar surface area (TPSA) is 49.4 Å². The SMILES string of the molecule is O=C(NC1CCCCN(Cc2cccc(Cl)c2)C1=O)c1ccc(F)cc1. The summed E-state index contributed by atoms with van der Waals surface area (Å²) >= 11 is 6.02. The largest absolute Gasteiger partial charge is 0.340 e. The van der Waals surface area contributed by atoms with Crippen molar-refractivity contribution in [2.24, 2.45) is 0 Å². The number of hydrogen-bond acceptors (Lipinski definition) is 2. The first-order chi connectivity index (χ1) is 12.5. The Kier molecular flexibility index (Phi) is 5.89. The Balaban J connectivity index is 1.69. The number of amides is 2. The first-order valence-corrected chi connectivity index (χ1v) is 9.00. The van der Waals surface area contributed by atoms with E-state index in [1.807, 2.05) is 18.2 Å². The lowest BCUT2D eigenvalue weighted by Crippen LogP contribution is -2.47. The first kappa shape index (κ1) is 18.4. The van der Waals surface area contributed by atoms with Gasteiger partial charge in [-0.15, -0.1) is 0 Å². The molecule has 0 bridgehead atoms. The Morgan fingerprint density at radius 3 is 2.69 bits per heavy atom. The molecule has 6 heteroatoms. The maximum absolute atomic E-state index is 13.0. The van der Waals surface area contributed by atoms with Crippen molar-refractivity contribution in [2.75, 3.05) is 6.54 Å². The highest BCUT2D eigenvalue weighted by molar-refractivity contribution is 6.30. The Hall–Kier alpha value is -2.40. The van der Waals surface area contributed by atoms with Crippen LogP contribution in [0.25, 0.3) is 0 Å². The zero-order valence-electron chi connectivity index (χ0n) is 14.3. The van der Waals surface area contributed by atoms with Crippen molar-refractivity contribution in [1.29, 1.82) is 0 Å².